The van der Waals surface area contributed by atoms with Gasteiger partial charge in [-0.2, -0.15) is 18.3 Å². The third-order valence-electron chi connectivity index (χ3n) is 8.33. The van der Waals surface area contributed by atoms with E-state index in [-0.39, 0.29) is 45.5 Å². The Morgan fingerprint density at radius 2 is 1.79 bits per heavy atom. The lowest BCUT2D eigenvalue weighted by molar-refractivity contribution is -0.140. The van der Waals surface area contributed by atoms with Gasteiger partial charge in [-0.15, -0.1) is 0 Å². The number of piperidine rings is 1. The van der Waals surface area contributed by atoms with E-state index in [0.717, 1.165) is 13.1 Å². The molecule has 3 aromatic heterocycles. The number of piperazine rings is 1. The average Bonchev–Trinajstić information content (AvgIpc) is 3.44. The Bertz CT molecular complexity index is 1690. The molecule has 218 valence electrons. The summed E-state index contributed by atoms with van der Waals surface area (Å²) in [6.45, 7) is 3.67. The lowest BCUT2D eigenvalue weighted by Crippen LogP contribution is -2.51. The number of aromatic nitrogens is 5. The molecule has 0 spiro atoms. The van der Waals surface area contributed by atoms with E-state index in [9.17, 15) is 22.8 Å². The van der Waals surface area contributed by atoms with Gasteiger partial charge in [0.1, 0.15) is 0 Å². The number of carbonyl (C=O) groups excluding carboxylic acids is 2. The van der Waals surface area contributed by atoms with Crippen molar-refractivity contribution >= 4 is 40.6 Å². The Hall–Kier alpha value is -4.17. The smallest absolute Gasteiger partial charge is 0.339 e. The number of H-pyrrole nitrogens is 1. The maximum Gasteiger partial charge on any atom is 0.435 e. The maximum atomic E-state index is 13.4. The number of benzene rings is 1. The number of imidazole rings is 1. The zero-order chi connectivity index (χ0) is 29.2. The normalized spacial score (nSPS) is 22.0. The number of rotatable bonds is 5. The van der Waals surface area contributed by atoms with Crippen LogP contribution in [0.4, 0.5) is 24.7 Å². The van der Waals surface area contributed by atoms with Crippen molar-refractivity contribution in [3.63, 3.8) is 0 Å². The fourth-order valence-corrected chi connectivity index (χ4v) is 6.37. The van der Waals surface area contributed by atoms with Crippen molar-refractivity contribution in [3.8, 4) is 11.3 Å². The number of carbonyl (C=O) groups is 2. The van der Waals surface area contributed by atoms with Crippen molar-refractivity contribution in [2.45, 2.75) is 6.18 Å². The van der Waals surface area contributed by atoms with E-state index in [4.69, 9.17) is 11.6 Å². The van der Waals surface area contributed by atoms with Gasteiger partial charge in [0.2, 0.25) is 5.91 Å². The number of hydrogen-bond acceptors (Lipinski definition) is 7. The van der Waals surface area contributed by atoms with Crippen LogP contribution in [0.15, 0.2) is 43.0 Å². The van der Waals surface area contributed by atoms with Crippen LogP contribution >= 0.6 is 11.6 Å². The zero-order valence-electron chi connectivity index (χ0n) is 22.0. The van der Waals surface area contributed by atoms with E-state index in [1.54, 1.807) is 23.1 Å². The Morgan fingerprint density at radius 3 is 2.50 bits per heavy atom. The molecular formula is C27H25ClF3N9O2. The van der Waals surface area contributed by atoms with Crippen LogP contribution in [0.3, 0.4) is 0 Å². The number of amides is 2. The third kappa shape index (κ3) is 4.54. The summed E-state index contributed by atoms with van der Waals surface area (Å²) in [7, 11) is 0. The van der Waals surface area contributed by atoms with Gasteiger partial charge in [0, 0.05) is 56.4 Å². The van der Waals surface area contributed by atoms with Crippen LogP contribution in [0.1, 0.15) is 16.1 Å². The second-order valence-electron chi connectivity index (χ2n) is 10.7. The van der Waals surface area contributed by atoms with Gasteiger partial charge in [-0.3, -0.25) is 19.1 Å². The number of halogens is 4. The fourth-order valence-electron chi connectivity index (χ4n) is 6.11. The minimum absolute atomic E-state index is 0.125. The number of alkyl halides is 3. The largest absolute Gasteiger partial charge is 0.435 e. The van der Waals surface area contributed by atoms with Crippen LogP contribution in [0.25, 0.3) is 16.9 Å². The molecule has 3 N–H and O–H groups in total. The molecule has 1 aromatic carbocycles. The van der Waals surface area contributed by atoms with Crippen LogP contribution < -0.4 is 10.6 Å². The molecule has 11 nitrogen and oxygen atoms in total. The molecule has 15 heteroatoms. The summed E-state index contributed by atoms with van der Waals surface area (Å²) in [5.41, 5.74) is 0.138. The van der Waals surface area contributed by atoms with Crippen molar-refractivity contribution in [3.05, 3.63) is 59.3 Å². The van der Waals surface area contributed by atoms with Crippen LogP contribution in [-0.2, 0) is 11.0 Å². The summed E-state index contributed by atoms with van der Waals surface area (Å²) in [4.78, 5) is 38.3. The molecule has 4 aromatic rings. The predicted octanol–water partition coefficient (Wildman–Crippen LogP) is 3.29. The monoisotopic (exact) mass is 599 g/mol. The molecule has 0 radical (unpaired) electrons. The Balaban J connectivity index is 1.04. The Kier molecular flexibility index (Phi) is 6.35. The highest BCUT2D eigenvalue weighted by atomic mass is 35.5. The van der Waals surface area contributed by atoms with Crippen molar-refractivity contribution in [1.82, 2.24) is 39.7 Å². The lowest BCUT2D eigenvalue weighted by Gasteiger charge is -2.35. The number of hydrogen-bond donors (Lipinski definition) is 3. The maximum absolute atomic E-state index is 13.4. The van der Waals surface area contributed by atoms with Crippen molar-refractivity contribution < 1.29 is 22.8 Å². The summed E-state index contributed by atoms with van der Waals surface area (Å²) in [5.74, 6) is 1.31. The van der Waals surface area contributed by atoms with E-state index in [2.05, 4.69) is 30.8 Å². The highest BCUT2D eigenvalue weighted by Crippen LogP contribution is 2.49. The number of anilines is 2. The molecule has 3 atom stereocenters. The second-order valence-corrected chi connectivity index (χ2v) is 11.1. The second kappa shape index (κ2) is 9.98. The number of nitrogens with one attached hydrogen (secondary N) is 3. The van der Waals surface area contributed by atoms with E-state index in [1.807, 2.05) is 4.90 Å². The highest BCUT2D eigenvalue weighted by molar-refractivity contribution is 6.34. The van der Waals surface area contributed by atoms with Crippen LogP contribution in [0, 0.1) is 17.8 Å². The topological polar surface area (TPSA) is 124 Å². The van der Waals surface area contributed by atoms with E-state index < -0.39 is 11.9 Å². The SMILES string of the molecule is O=C(c1ccc(Nc2nccn3c(-c4c[nH]nc4C(F)(F)F)cnc23)cc1Cl)N1CCN(C(=O)[C@@H]2[C@@H]3CNC[C@@H]32)CC1. The molecular weight excluding hydrogens is 575 g/mol. The Labute approximate surface area is 242 Å². The first-order valence-corrected chi connectivity index (χ1v) is 13.9. The molecule has 1 saturated carbocycles. The first-order valence-electron chi connectivity index (χ1n) is 13.5. The van der Waals surface area contributed by atoms with Crippen molar-refractivity contribution in [2.24, 2.45) is 17.8 Å². The molecule has 3 fully saturated rings. The van der Waals surface area contributed by atoms with Gasteiger partial charge >= 0.3 is 6.18 Å². The molecule has 0 unspecified atom stereocenters. The summed E-state index contributed by atoms with van der Waals surface area (Å²) in [6.07, 6.45) is 0.790. The van der Waals surface area contributed by atoms with E-state index in [0.29, 0.717) is 49.3 Å². The molecule has 2 saturated heterocycles. The van der Waals surface area contributed by atoms with E-state index >= 15 is 0 Å². The average molecular weight is 600 g/mol. The minimum Gasteiger partial charge on any atom is -0.339 e. The number of aromatic amines is 1. The van der Waals surface area contributed by atoms with Gasteiger partial charge in [-0.1, -0.05) is 11.6 Å². The standard InChI is InChI=1S/C27H25ClF3N9O2/c28-19-9-14(36-23-24-34-13-20(40(24)4-3-33-23)18-12-35-37-22(18)27(29,30)31)1-2-15(19)25(41)38-5-7-39(8-6-38)26(42)21-16-10-32-11-17(16)21/h1-4,9,12-13,16-17,21,32H,5-8,10-11H2,(H,33,36)(H,35,37)/t16-,17+,21-. The number of nitrogens with zero attached hydrogens (tertiary/aromatic N) is 6. The molecule has 0 bridgehead atoms. The van der Waals surface area contributed by atoms with Crippen LogP contribution in [0.2, 0.25) is 5.02 Å². The molecule has 42 heavy (non-hydrogen) atoms. The van der Waals surface area contributed by atoms with Gasteiger partial charge in [-0.25, -0.2) is 9.97 Å². The molecule has 3 aliphatic rings. The predicted molar refractivity (Wildman–Crippen MR) is 146 cm³/mol. The number of fused-ring (bicyclic) bond motifs is 2. The summed E-state index contributed by atoms with van der Waals surface area (Å²) in [6, 6.07) is 4.87. The van der Waals surface area contributed by atoms with Gasteiger partial charge in [0.25, 0.3) is 5.91 Å². The first-order chi connectivity index (χ1) is 20.2. The van der Waals surface area contributed by atoms with Gasteiger partial charge in [-0.05, 0) is 43.1 Å². The van der Waals surface area contributed by atoms with Gasteiger partial charge in [0.05, 0.1) is 28.0 Å². The summed E-state index contributed by atoms with van der Waals surface area (Å²) < 4.78 is 41.7. The fraction of sp³-hybridized carbons (Fsp3) is 0.370. The molecule has 2 aliphatic heterocycles. The minimum atomic E-state index is -4.64. The quantitative estimate of drug-likeness (QED) is 0.322. The summed E-state index contributed by atoms with van der Waals surface area (Å²) in [5, 5.41) is 12.2. The summed E-state index contributed by atoms with van der Waals surface area (Å²) >= 11 is 6.53. The third-order valence-corrected chi connectivity index (χ3v) is 8.64. The van der Waals surface area contributed by atoms with Crippen molar-refractivity contribution in [1.29, 1.82) is 0 Å². The zero-order valence-corrected chi connectivity index (χ0v) is 22.8. The highest BCUT2D eigenvalue weighted by Gasteiger charge is 2.58. The lowest BCUT2D eigenvalue weighted by atomic mass is 10.1. The van der Waals surface area contributed by atoms with Crippen LogP contribution in [0.5, 0.6) is 0 Å². The van der Waals surface area contributed by atoms with Crippen molar-refractivity contribution in [2.75, 3.05) is 44.6 Å². The molecule has 2 amide bonds. The van der Waals surface area contributed by atoms with Gasteiger partial charge in [0.15, 0.2) is 17.2 Å². The Morgan fingerprint density at radius 1 is 1.05 bits per heavy atom. The first kappa shape index (κ1) is 26.7. The molecule has 7 rings (SSSR count). The van der Waals surface area contributed by atoms with Crippen LogP contribution in [-0.4, -0.2) is 85.4 Å². The molecule has 1 aliphatic carbocycles. The molecule has 5 heterocycles. The van der Waals surface area contributed by atoms with Gasteiger partial charge < -0.3 is 20.4 Å². The van der Waals surface area contributed by atoms with E-state index in [1.165, 1.54) is 29.2 Å².